The zero-order valence-corrected chi connectivity index (χ0v) is 10.3. The van der Waals surface area contributed by atoms with Crippen molar-refractivity contribution in [2.24, 2.45) is 0 Å². The minimum atomic E-state index is -2.00. The van der Waals surface area contributed by atoms with Crippen LogP contribution in [0.15, 0.2) is 0 Å². The maximum atomic E-state index is 9.67. The van der Waals surface area contributed by atoms with Crippen LogP contribution in [0.4, 0.5) is 0 Å². The average Bonchev–Trinajstić information content (AvgIpc) is 2.35. The van der Waals surface area contributed by atoms with Crippen molar-refractivity contribution in [2.45, 2.75) is 24.4 Å². The molecular formula is C8H14CuO10. The number of carboxylic acids is 2. The maximum Gasteiger partial charge on any atom is 2.00 e. The molecule has 19 heavy (non-hydrogen) atoms. The Morgan fingerprint density at radius 2 is 1.00 bits per heavy atom. The van der Waals surface area contributed by atoms with E-state index in [0.29, 0.717) is 0 Å². The van der Waals surface area contributed by atoms with E-state index in [1.807, 2.05) is 0 Å². The summed E-state index contributed by atoms with van der Waals surface area (Å²) < 4.78 is 0. The van der Waals surface area contributed by atoms with Gasteiger partial charge in [-0.2, -0.15) is 0 Å². The van der Waals surface area contributed by atoms with Crippen LogP contribution in [0.25, 0.3) is 0 Å². The first-order valence-corrected chi connectivity index (χ1v) is 4.54. The minimum absolute atomic E-state index is 0. The van der Waals surface area contributed by atoms with Crippen LogP contribution in [0.5, 0.6) is 0 Å². The van der Waals surface area contributed by atoms with Crippen LogP contribution in [-0.2, 0) is 26.7 Å². The third-order valence-electron chi connectivity index (χ3n) is 1.59. The van der Waals surface area contributed by atoms with E-state index < -0.39 is 49.6 Å². The Morgan fingerprint density at radius 1 is 0.789 bits per heavy atom. The van der Waals surface area contributed by atoms with Crippen molar-refractivity contribution in [2.75, 3.05) is 13.2 Å². The second-order valence-corrected chi connectivity index (χ2v) is 3.03. The van der Waals surface area contributed by atoms with Crippen molar-refractivity contribution in [1.29, 1.82) is 0 Å². The third kappa shape index (κ3) is 10.8. The normalized spacial score (nSPS) is 15.9. The Labute approximate surface area is 118 Å². The molecular weight excluding hydrogens is 320 g/mol. The van der Waals surface area contributed by atoms with Gasteiger partial charge in [0.05, 0.1) is 25.2 Å². The number of aliphatic hydroxyl groups excluding tert-OH is 6. The van der Waals surface area contributed by atoms with Crippen LogP contribution >= 0.6 is 0 Å². The van der Waals surface area contributed by atoms with E-state index in [4.69, 9.17) is 30.6 Å². The molecule has 0 spiro atoms. The molecule has 0 aromatic heterocycles. The van der Waals surface area contributed by atoms with Crippen molar-refractivity contribution < 1.29 is 67.5 Å². The van der Waals surface area contributed by atoms with Gasteiger partial charge in [-0.15, -0.1) is 0 Å². The topological polar surface area (TPSA) is 202 Å². The molecule has 11 heteroatoms. The summed E-state index contributed by atoms with van der Waals surface area (Å²) in [5.41, 5.74) is 0. The van der Waals surface area contributed by atoms with Gasteiger partial charge >= 0.3 is 17.1 Å². The molecule has 0 aliphatic carbocycles. The number of hydrogen-bond donors (Lipinski definition) is 6. The van der Waals surface area contributed by atoms with Gasteiger partial charge in [-0.25, -0.2) is 0 Å². The molecule has 6 N–H and O–H groups in total. The van der Waals surface area contributed by atoms with E-state index in [0.717, 1.165) is 0 Å². The summed E-state index contributed by atoms with van der Waals surface area (Å²) in [5, 5.41) is 68.8. The Morgan fingerprint density at radius 3 is 1.05 bits per heavy atom. The molecule has 0 aliphatic heterocycles. The zero-order valence-electron chi connectivity index (χ0n) is 9.34. The fourth-order valence-corrected chi connectivity index (χ4v) is 0.514. The van der Waals surface area contributed by atoms with Crippen LogP contribution in [-0.4, -0.2) is 80.2 Å². The van der Waals surface area contributed by atoms with Gasteiger partial charge < -0.3 is 50.4 Å². The van der Waals surface area contributed by atoms with Crippen LogP contribution in [0, 0.1) is 0 Å². The second kappa shape index (κ2) is 12.3. The van der Waals surface area contributed by atoms with E-state index in [1.165, 1.54) is 0 Å². The van der Waals surface area contributed by atoms with Crippen molar-refractivity contribution in [3.05, 3.63) is 0 Å². The van der Waals surface area contributed by atoms with Crippen LogP contribution < -0.4 is 10.2 Å². The molecule has 0 aromatic carbocycles. The van der Waals surface area contributed by atoms with E-state index in [2.05, 4.69) is 0 Å². The van der Waals surface area contributed by atoms with Crippen LogP contribution in [0.3, 0.4) is 0 Å². The first-order chi connectivity index (χ1) is 8.18. The molecule has 0 aromatic rings. The van der Waals surface area contributed by atoms with Gasteiger partial charge in [0.1, 0.15) is 24.4 Å². The number of carbonyl (C=O) groups is 2. The number of aliphatic hydroxyl groups is 6. The van der Waals surface area contributed by atoms with Gasteiger partial charge in [-0.3, -0.25) is 0 Å². The van der Waals surface area contributed by atoms with Crippen molar-refractivity contribution in [1.82, 2.24) is 0 Å². The molecule has 4 atom stereocenters. The molecule has 0 saturated carbocycles. The van der Waals surface area contributed by atoms with Crippen LogP contribution in [0.1, 0.15) is 0 Å². The third-order valence-corrected chi connectivity index (χ3v) is 1.59. The summed E-state index contributed by atoms with van der Waals surface area (Å²) in [6.07, 6.45) is -7.32. The minimum Gasteiger partial charge on any atom is -0.547 e. The van der Waals surface area contributed by atoms with Crippen LogP contribution in [0.2, 0.25) is 0 Å². The molecule has 0 fully saturated rings. The van der Waals surface area contributed by atoms with Gasteiger partial charge in [0.2, 0.25) is 0 Å². The Balaban J connectivity index is -0.000000256. The smallest absolute Gasteiger partial charge is 0.547 e. The summed E-state index contributed by atoms with van der Waals surface area (Å²) in [4.78, 5) is 19.3. The monoisotopic (exact) mass is 333 g/mol. The Bertz CT molecular complexity index is 234. The second-order valence-electron chi connectivity index (χ2n) is 3.03. The quantitative estimate of drug-likeness (QED) is 0.253. The fourth-order valence-electron chi connectivity index (χ4n) is 0.514. The van der Waals surface area contributed by atoms with Gasteiger partial charge in [-0.05, 0) is 0 Å². The summed E-state index contributed by atoms with van der Waals surface area (Å²) in [7, 11) is 0. The molecule has 117 valence electrons. The summed E-state index contributed by atoms with van der Waals surface area (Å²) in [6, 6.07) is 0. The maximum absolute atomic E-state index is 9.67. The molecule has 10 nitrogen and oxygen atoms in total. The zero-order chi connectivity index (χ0) is 14.9. The molecule has 0 heterocycles. The molecule has 0 bridgehead atoms. The molecule has 0 saturated heterocycles. The van der Waals surface area contributed by atoms with E-state index in [1.54, 1.807) is 0 Å². The summed E-state index contributed by atoms with van der Waals surface area (Å²) in [5.74, 6) is -3.59. The average molecular weight is 334 g/mol. The molecule has 1 radical (unpaired) electrons. The number of rotatable bonds is 6. The van der Waals surface area contributed by atoms with E-state index >= 15 is 0 Å². The first kappa shape index (κ1) is 23.3. The molecule has 0 aliphatic rings. The van der Waals surface area contributed by atoms with Gasteiger partial charge in [0.15, 0.2) is 0 Å². The van der Waals surface area contributed by atoms with Gasteiger partial charge in [-0.1, -0.05) is 0 Å². The standard InChI is InChI=1S/2C4H8O5.Cu/c2*5-1-2(6)3(7)4(8)9;/h2*2-3,5-7H,1H2,(H,8,9);/q;;+2/p-2/t2*2-,3+;/m11./s1. The number of carboxylic acid groups (broad SMARTS) is 2. The van der Waals surface area contributed by atoms with Gasteiger partial charge in [0.25, 0.3) is 0 Å². The number of hydrogen-bond acceptors (Lipinski definition) is 10. The summed E-state index contributed by atoms with van der Waals surface area (Å²) >= 11 is 0. The summed E-state index contributed by atoms with van der Waals surface area (Å²) in [6.45, 7) is -1.59. The molecule has 0 amide bonds. The fraction of sp³-hybridized carbons (Fsp3) is 0.750. The first-order valence-electron chi connectivity index (χ1n) is 4.54. The largest absolute Gasteiger partial charge is 2.00 e. The van der Waals surface area contributed by atoms with Crippen molar-refractivity contribution in [3.63, 3.8) is 0 Å². The van der Waals surface area contributed by atoms with Gasteiger partial charge in [0, 0.05) is 0 Å². The van der Waals surface area contributed by atoms with Crippen molar-refractivity contribution >= 4 is 11.9 Å². The van der Waals surface area contributed by atoms with Crippen molar-refractivity contribution in [3.8, 4) is 0 Å². The number of aliphatic carboxylic acids is 2. The van der Waals surface area contributed by atoms with E-state index in [9.17, 15) is 19.8 Å². The Hall–Kier alpha value is -0.781. The predicted molar refractivity (Wildman–Crippen MR) is 48.2 cm³/mol. The molecule has 0 rings (SSSR count). The van der Waals surface area contributed by atoms with E-state index in [-0.39, 0.29) is 17.1 Å². The SMILES string of the molecule is O=C([O-])[C@@H](O)[C@H](O)CO.O=C([O-])[C@@H](O)[C@H](O)CO.[Cu+2]. The predicted octanol–water partition coefficient (Wildman–Crippen LogP) is -7.10. The molecule has 0 unspecified atom stereocenters. The number of carbonyl (C=O) groups excluding carboxylic acids is 2. The Kier molecular flexibility index (Phi) is 15.1.